The van der Waals surface area contributed by atoms with Gasteiger partial charge in [-0.25, -0.2) is 8.42 Å². The van der Waals surface area contributed by atoms with Crippen LogP contribution in [0, 0.1) is 5.92 Å². The van der Waals surface area contributed by atoms with Crippen molar-refractivity contribution in [3.05, 3.63) is 23.8 Å². The number of hydrogen-bond donors (Lipinski definition) is 2. The minimum atomic E-state index is -3.16. The Labute approximate surface area is 134 Å². The molecule has 8 nitrogen and oxygen atoms in total. The van der Waals surface area contributed by atoms with Crippen molar-refractivity contribution in [1.82, 2.24) is 10.9 Å². The molecule has 1 atom stereocenters. The van der Waals surface area contributed by atoms with E-state index in [9.17, 15) is 18.0 Å². The number of amides is 2. The first kappa shape index (κ1) is 17.1. The molecule has 0 bridgehead atoms. The van der Waals surface area contributed by atoms with Gasteiger partial charge in [-0.15, -0.1) is 0 Å². The number of sulfone groups is 1. The van der Waals surface area contributed by atoms with E-state index >= 15 is 0 Å². The fraction of sp³-hybridized carbons (Fsp3) is 0.429. The van der Waals surface area contributed by atoms with Gasteiger partial charge < -0.3 is 9.47 Å². The molecule has 1 saturated heterocycles. The molecule has 0 radical (unpaired) electrons. The lowest BCUT2D eigenvalue weighted by Crippen LogP contribution is -2.44. The Hall–Kier alpha value is -2.29. The summed E-state index contributed by atoms with van der Waals surface area (Å²) in [5.41, 5.74) is 4.70. The summed E-state index contributed by atoms with van der Waals surface area (Å²) in [5.74, 6) is -1.19. The first-order chi connectivity index (χ1) is 10.9. The lowest BCUT2D eigenvalue weighted by Gasteiger charge is -2.13. The second-order valence-electron chi connectivity index (χ2n) is 5.11. The van der Waals surface area contributed by atoms with Gasteiger partial charge in [0.2, 0.25) is 5.91 Å². The second-order valence-corrected chi connectivity index (χ2v) is 7.34. The number of nitrogens with one attached hydrogen (secondary N) is 2. The van der Waals surface area contributed by atoms with Crippen LogP contribution in [0.4, 0.5) is 0 Å². The maximum atomic E-state index is 12.2. The predicted molar refractivity (Wildman–Crippen MR) is 81.9 cm³/mol. The van der Waals surface area contributed by atoms with Gasteiger partial charge in [0.15, 0.2) is 9.84 Å². The molecule has 2 rings (SSSR count). The first-order valence-electron chi connectivity index (χ1n) is 6.89. The summed E-state index contributed by atoms with van der Waals surface area (Å²) in [4.78, 5) is 24.1. The maximum absolute atomic E-state index is 12.2. The highest BCUT2D eigenvalue weighted by Crippen LogP contribution is 2.23. The fourth-order valence-corrected chi connectivity index (χ4v) is 4.02. The molecule has 0 aliphatic carbocycles. The van der Waals surface area contributed by atoms with Gasteiger partial charge in [-0.1, -0.05) is 0 Å². The van der Waals surface area contributed by atoms with Crippen molar-refractivity contribution in [3.8, 4) is 11.5 Å². The average molecular weight is 342 g/mol. The molecule has 0 aromatic heterocycles. The molecule has 2 amide bonds. The van der Waals surface area contributed by atoms with Gasteiger partial charge in [-0.2, -0.15) is 0 Å². The smallest absolute Gasteiger partial charge is 0.273 e. The molecule has 2 N–H and O–H groups in total. The lowest BCUT2D eigenvalue weighted by molar-refractivity contribution is -0.125. The van der Waals surface area contributed by atoms with Crippen LogP contribution in [0.5, 0.6) is 11.5 Å². The van der Waals surface area contributed by atoms with Gasteiger partial charge in [0.05, 0.1) is 37.2 Å². The summed E-state index contributed by atoms with van der Waals surface area (Å²) in [7, 11) is -0.280. The summed E-state index contributed by atoms with van der Waals surface area (Å²) >= 11 is 0. The Morgan fingerprint density at radius 1 is 1.17 bits per heavy atom. The van der Waals surface area contributed by atoms with Crippen LogP contribution in [-0.4, -0.2) is 46.0 Å². The monoisotopic (exact) mass is 342 g/mol. The number of hydrogen-bond acceptors (Lipinski definition) is 6. The van der Waals surface area contributed by atoms with Gasteiger partial charge >= 0.3 is 0 Å². The van der Waals surface area contributed by atoms with Crippen molar-refractivity contribution in [2.24, 2.45) is 5.92 Å². The SMILES string of the molecule is COc1ccc(OC)c(C(=O)NNC(=O)[C@@H]2CCS(=O)(=O)C2)c1. The molecule has 9 heteroatoms. The van der Waals surface area contributed by atoms with E-state index in [4.69, 9.17) is 9.47 Å². The van der Waals surface area contributed by atoms with Gasteiger partial charge in [0.25, 0.3) is 5.91 Å². The third-order valence-electron chi connectivity index (χ3n) is 3.55. The summed E-state index contributed by atoms with van der Waals surface area (Å²) in [6, 6.07) is 4.68. The van der Waals surface area contributed by atoms with Crippen molar-refractivity contribution < 1.29 is 27.5 Å². The van der Waals surface area contributed by atoms with Crippen molar-refractivity contribution in [2.75, 3.05) is 25.7 Å². The van der Waals surface area contributed by atoms with E-state index in [2.05, 4.69) is 10.9 Å². The third kappa shape index (κ3) is 4.13. The predicted octanol–water partition coefficient (Wildman–Crippen LogP) is -0.100. The Bertz CT molecular complexity index is 716. The van der Waals surface area contributed by atoms with E-state index in [-0.39, 0.29) is 23.5 Å². The zero-order valence-electron chi connectivity index (χ0n) is 12.8. The van der Waals surface area contributed by atoms with Crippen LogP contribution in [0.25, 0.3) is 0 Å². The van der Waals surface area contributed by atoms with E-state index in [1.165, 1.54) is 20.3 Å². The van der Waals surface area contributed by atoms with Crippen molar-refractivity contribution in [3.63, 3.8) is 0 Å². The molecule has 0 unspecified atom stereocenters. The molecule has 1 aromatic rings. The van der Waals surface area contributed by atoms with Crippen LogP contribution >= 0.6 is 0 Å². The van der Waals surface area contributed by atoms with Crippen LogP contribution in [0.1, 0.15) is 16.8 Å². The van der Waals surface area contributed by atoms with Gasteiger partial charge in [-0.3, -0.25) is 20.4 Å². The Balaban J connectivity index is 2.01. The third-order valence-corrected chi connectivity index (χ3v) is 5.32. The number of hydrazine groups is 1. The lowest BCUT2D eigenvalue weighted by atomic mass is 10.1. The molecular formula is C14H18N2O6S. The van der Waals surface area contributed by atoms with Gasteiger partial charge in [0.1, 0.15) is 11.5 Å². The second kappa shape index (κ2) is 6.86. The minimum absolute atomic E-state index is 0.0112. The molecule has 126 valence electrons. The average Bonchev–Trinajstić information content (AvgIpc) is 2.91. The van der Waals surface area contributed by atoms with E-state index < -0.39 is 27.6 Å². The van der Waals surface area contributed by atoms with E-state index in [0.29, 0.717) is 11.5 Å². The molecule has 23 heavy (non-hydrogen) atoms. The quantitative estimate of drug-likeness (QED) is 0.739. The summed E-state index contributed by atoms with van der Waals surface area (Å²) in [6.07, 6.45) is 0.256. The highest BCUT2D eigenvalue weighted by atomic mass is 32.2. The molecule has 0 saturated carbocycles. The highest BCUT2D eigenvalue weighted by Gasteiger charge is 2.33. The van der Waals surface area contributed by atoms with Gasteiger partial charge in [0, 0.05) is 0 Å². The first-order valence-corrected chi connectivity index (χ1v) is 8.71. The zero-order valence-corrected chi connectivity index (χ0v) is 13.6. The Morgan fingerprint density at radius 2 is 1.91 bits per heavy atom. The Kier molecular flexibility index (Phi) is 5.09. The number of carbonyl (C=O) groups excluding carboxylic acids is 2. The largest absolute Gasteiger partial charge is 0.497 e. The minimum Gasteiger partial charge on any atom is -0.497 e. The van der Waals surface area contributed by atoms with Crippen molar-refractivity contribution in [1.29, 1.82) is 0 Å². The fourth-order valence-electron chi connectivity index (χ4n) is 2.28. The molecule has 1 aliphatic rings. The number of ether oxygens (including phenoxy) is 2. The molecule has 1 heterocycles. The van der Waals surface area contributed by atoms with Crippen molar-refractivity contribution >= 4 is 21.7 Å². The van der Waals surface area contributed by atoms with E-state index in [1.54, 1.807) is 12.1 Å². The van der Waals surface area contributed by atoms with Crippen LogP contribution in [0.2, 0.25) is 0 Å². The molecule has 1 aliphatic heterocycles. The molecule has 0 spiro atoms. The van der Waals surface area contributed by atoms with Crippen LogP contribution in [-0.2, 0) is 14.6 Å². The van der Waals surface area contributed by atoms with Crippen LogP contribution in [0.3, 0.4) is 0 Å². The van der Waals surface area contributed by atoms with E-state index in [0.717, 1.165) is 0 Å². The van der Waals surface area contributed by atoms with Crippen molar-refractivity contribution in [2.45, 2.75) is 6.42 Å². The standard InChI is InChI=1S/C14H18N2O6S/c1-21-10-3-4-12(22-2)11(7-10)14(18)16-15-13(17)9-5-6-23(19,20)8-9/h3-4,7,9H,5-6,8H2,1-2H3,(H,15,17)(H,16,18)/t9-/m1/s1. The number of benzene rings is 1. The summed E-state index contributed by atoms with van der Waals surface area (Å²) in [5, 5.41) is 0. The molecule has 1 fully saturated rings. The maximum Gasteiger partial charge on any atom is 0.273 e. The zero-order chi connectivity index (χ0) is 17.0. The highest BCUT2D eigenvalue weighted by molar-refractivity contribution is 7.91. The van der Waals surface area contributed by atoms with E-state index in [1.807, 2.05) is 0 Å². The van der Waals surface area contributed by atoms with Gasteiger partial charge in [-0.05, 0) is 24.6 Å². The van der Waals surface area contributed by atoms with Crippen LogP contribution < -0.4 is 20.3 Å². The molecule has 1 aromatic carbocycles. The molecular weight excluding hydrogens is 324 g/mol. The normalized spacial score (nSPS) is 19.0. The van der Waals surface area contributed by atoms with Crippen LogP contribution in [0.15, 0.2) is 18.2 Å². The number of methoxy groups -OCH3 is 2. The summed E-state index contributed by atoms with van der Waals surface area (Å²) < 4.78 is 32.9. The number of carbonyl (C=O) groups is 2. The summed E-state index contributed by atoms with van der Waals surface area (Å²) in [6.45, 7) is 0. The number of rotatable bonds is 4. The Morgan fingerprint density at radius 3 is 2.48 bits per heavy atom. The topological polar surface area (TPSA) is 111 Å².